The third-order valence-electron chi connectivity index (χ3n) is 3.25. The summed E-state index contributed by atoms with van der Waals surface area (Å²) in [6, 6.07) is 0. The van der Waals surface area contributed by atoms with E-state index in [9.17, 15) is 0 Å². The molecule has 6 nitrogen and oxygen atoms in total. The van der Waals surface area contributed by atoms with Crippen molar-refractivity contribution < 1.29 is 14.0 Å². The number of rotatable bonds is 5. The summed E-state index contributed by atoms with van der Waals surface area (Å²) in [5, 5.41) is 4.05. The number of morpholine rings is 1. The molecule has 1 aromatic heterocycles. The van der Waals surface area contributed by atoms with E-state index in [0.29, 0.717) is 19.0 Å². The van der Waals surface area contributed by atoms with Crippen molar-refractivity contribution in [1.29, 1.82) is 0 Å². The Morgan fingerprint density at radius 2 is 2.20 bits per heavy atom. The van der Waals surface area contributed by atoms with E-state index >= 15 is 0 Å². The smallest absolute Gasteiger partial charge is 0.229 e. The minimum atomic E-state index is -0.188. The minimum absolute atomic E-state index is 0.0835. The lowest BCUT2D eigenvalue weighted by molar-refractivity contribution is -0.154. The molecule has 0 unspecified atom stereocenters. The van der Waals surface area contributed by atoms with E-state index in [2.05, 4.69) is 28.9 Å². The van der Waals surface area contributed by atoms with Crippen molar-refractivity contribution >= 4 is 0 Å². The zero-order valence-corrected chi connectivity index (χ0v) is 13.0. The molecule has 0 aliphatic carbocycles. The number of hydrogen-bond acceptors (Lipinski definition) is 6. The van der Waals surface area contributed by atoms with Gasteiger partial charge in [-0.15, -0.1) is 0 Å². The van der Waals surface area contributed by atoms with Crippen molar-refractivity contribution in [3.8, 4) is 0 Å². The molecule has 0 N–H and O–H groups in total. The monoisotopic (exact) mass is 283 g/mol. The summed E-state index contributed by atoms with van der Waals surface area (Å²) in [5.41, 5.74) is -0.188. The Labute approximate surface area is 120 Å². The van der Waals surface area contributed by atoms with Crippen LogP contribution in [-0.2, 0) is 16.0 Å². The summed E-state index contributed by atoms with van der Waals surface area (Å²) >= 11 is 0. The Morgan fingerprint density at radius 1 is 1.45 bits per heavy atom. The molecule has 2 heterocycles. The molecule has 114 valence electrons. The van der Waals surface area contributed by atoms with Crippen LogP contribution < -0.4 is 0 Å². The van der Waals surface area contributed by atoms with Crippen LogP contribution in [0.3, 0.4) is 0 Å². The number of ether oxygens (including phenoxy) is 2. The van der Waals surface area contributed by atoms with Gasteiger partial charge in [0.25, 0.3) is 0 Å². The predicted octanol–water partition coefficient (Wildman–Crippen LogP) is 1.82. The normalized spacial score (nSPS) is 23.4. The van der Waals surface area contributed by atoms with E-state index in [0.717, 1.165) is 18.9 Å². The Bertz CT molecular complexity index is 431. The topological polar surface area (TPSA) is 60.6 Å². The fourth-order valence-electron chi connectivity index (χ4n) is 2.58. The largest absolute Gasteiger partial charge is 0.382 e. The van der Waals surface area contributed by atoms with E-state index in [4.69, 9.17) is 14.0 Å². The molecule has 1 aromatic rings. The molecule has 0 bridgehead atoms. The van der Waals surface area contributed by atoms with Crippen LogP contribution >= 0.6 is 0 Å². The first-order valence-electron chi connectivity index (χ1n) is 7.11. The molecule has 2 rings (SSSR count). The average Bonchev–Trinajstić information content (AvgIpc) is 2.75. The van der Waals surface area contributed by atoms with Crippen molar-refractivity contribution in [2.75, 3.05) is 26.8 Å². The molecule has 1 fully saturated rings. The molecule has 0 aromatic carbocycles. The summed E-state index contributed by atoms with van der Waals surface area (Å²) in [6.45, 7) is 11.2. The second kappa shape index (κ2) is 6.20. The maximum absolute atomic E-state index is 5.99. The maximum atomic E-state index is 5.99. The fourth-order valence-corrected chi connectivity index (χ4v) is 2.58. The van der Waals surface area contributed by atoms with Crippen molar-refractivity contribution in [2.45, 2.75) is 51.9 Å². The molecule has 6 heteroatoms. The lowest BCUT2D eigenvalue weighted by atomic mass is 10.1. The van der Waals surface area contributed by atoms with Gasteiger partial charge < -0.3 is 14.0 Å². The van der Waals surface area contributed by atoms with E-state index in [1.807, 2.05) is 13.8 Å². The van der Waals surface area contributed by atoms with Crippen LogP contribution in [0.1, 0.15) is 45.3 Å². The zero-order chi connectivity index (χ0) is 14.8. The van der Waals surface area contributed by atoms with Gasteiger partial charge >= 0.3 is 0 Å². The van der Waals surface area contributed by atoms with Gasteiger partial charge in [0.05, 0.1) is 24.9 Å². The lowest BCUT2D eigenvalue weighted by Crippen LogP contribution is -2.53. The summed E-state index contributed by atoms with van der Waals surface area (Å²) in [6.07, 6.45) is 0.0835. The summed E-state index contributed by atoms with van der Waals surface area (Å²) in [4.78, 5) is 6.72. The molecule has 1 aliphatic rings. The second-order valence-electron chi connectivity index (χ2n) is 6.33. The van der Waals surface area contributed by atoms with Gasteiger partial charge in [0, 0.05) is 26.1 Å². The van der Waals surface area contributed by atoms with Crippen molar-refractivity contribution in [2.24, 2.45) is 0 Å². The quantitative estimate of drug-likeness (QED) is 0.821. The van der Waals surface area contributed by atoms with Crippen LogP contribution in [0.25, 0.3) is 0 Å². The van der Waals surface area contributed by atoms with Gasteiger partial charge in [-0.1, -0.05) is 19.0 Å². The van der Waals surface area contributed by atoms with Crippen molar-refractivity contribution in [3.05, 3.63) is 11.7 Å². The van der Waals surface area contributed by atoms with Gasteiger partial charge in [-0.3, -0.25) is 4.90 Å². The molecule has 0 saturated carbocycles. The SMILES string of the molecule is COC[C@@H]1CN(Cc2noc(C(C)C)n2)CC(C)(C)O1. The maximum Gasteiger partial charge on any atom is 0.229 e. The highest BCUT2D eigenvalue weighted by Gasteiger charge is 2.33. The van der Waals surface area contributed by atoms with Crippen LogP contribution in [0.2, 0.25) is 0 Å². The van der Waals surface area contributed by atoms with Crippen LogP contribution in [0.5, 0.6) is 0 Å². The lowest BCUT2D eigenvalue weighted by Gasteiger charge is -2.42. The highest BCUT2D eigenvalue weighted by atomic mass is 16.5. The van der Waals surface area contributed by atoms with E-state index in [-0.39, 0.29) is 17.6 Å². The Balaban J connectivity index is 1.99. The number of hydrogen-bond donors (Lipinski definition) is 0. The summed E-state index contributed by atoms with van der Waals surface area (Å²) in [5.74, 6) is 1.70. The molecule has 0 spiro atoms. The van der Waals surface area contributed by atoms with Gasteiger partial charge in [-0.05, 0) is 13.8 Å². The molecular formula is C14H25N3O3. The van der Waals surface area contributed by atoms with Gasteiger partial charge in [0.15, 0.2) is 5.82 Å². The third kappa shape index (κ3) is 4.01. The molecule has 1 aliphatic heterocycles. The van der Waals surface area contributed by atoms with Gasteiger partial charge in [0.2, 0.25) is 5.89 Å². The first-order valence-corrected chi connectivity index (χ1v) is 7.11. The minimum Gasteiger partial charge on any atom is -0.382 e. The van der Waals surface area contributed by atoms with Crippen LogP contribution in [0, 0.1) is 0 Å². The standard InChI is InChI=1S/C14H25N3O3/c1-10(2)13-15-12(16-20-13)7-17-6-11(8-18-5)19-14(3,4)9-17/h10-11H,6-9H2,1-5H3/t11-/m0/s1. The highest BCUT2D eigenvalue weighted by Crippen LogP contribution is 2.22. The van der Waals surface area contributed by atoms with Crippen LogP contribution in [0.4, 0.5) is 0 Å². The Morgan fingerprint density at radius 3 is 2.80 bits per heavy atom. The highest BCUT2D eigenvalue weighted by molar-refractivity contribution is 4.93. The van der Waals surface area contributed by atoms with Gasteiger partial charge in [-0.25, -0.2) is 0 Å². The van der Waals surface area contributed by atoms with E-state index in [1.54, 1.807) is 7.11 Å². The number of aromatic nitrogens is 2. The summed E-state index contributed by atoms with van der Waals surface area (Å²) in [7, 11) is 1.70. The summed E-state index contributed by atoms with van der Waals surface area (Å²) < 4.78 is 16.5. The number of nitrogens with zero attached hydrogens (tertiary/aromatic N) is 3. The van der Waals surface area contributed by atoms with Crippen molar-refractivity contribution in [1.82, 2.24) is 15.0 Å². The molecule has 20 heavy (non-hydrogen) atoms. The molecule has 1 atom stereocenters. The third-order valence-corrected chi connectivity index (χ3v) is 3.25. The van der Waals surface area contributed by atoms with Gasteiger partial charge in [0.1, 0.15) is 0 Å². The van der Waals surface area contributed by atoms with Crippen LogP contribution in [-0.4, -0.2) is 53.6 Å². The van der Waals surface area contributed by atoms with Crippen LogP contribution in [0.15, 0.2) is 4.52 Å². The second-order valence-corrected chi connectivity index (χ2v) is 6.33. The fraction of sp³-hybridized carbons (Fsp3) is 0.857. The van der Waals surface area contributed by atoms with Crippen molar-refractivity contribution in [3.63, 3.8) is 0 Å². The molecule has 0 amide bonds. The van der Waals surface area contributed by atoms with E-state index in [1.165, 1.54) is 0 Å². The predicted molar refractivity (Wildman–Crippen MR) is 74.5 cm³/mol. The average molecular weight is 283 g/mol. The molecule has 0 radical (unpaired) electrons. The first kappa shape index (κ1) is 15.4. The van der Waals surface area contributed by atoms with E-state index < -0.39 is 0 Å². The molecular weight excluding hydrogens is 258 g/mol. The number of methoxy groups -OCH3 is 1. The molecule has 1 saturated heterocycles. The van der Waals surface area contributed by atoms with Gasteiger partial charge in [-0.2, -0.15) is 4.98 Å². The Kier molecular flexibility index (Phi) is 4.78. The Hall–Kier alpha value is -0.980. The zero-order valence-electron chi connectivity index (χ0n) is 13.0. The first-order chi connectivity index (χ1) is 9.39.